The summed E-state index contributed by atoms with van der Waals surface area (Å²) in [6, 6.07) is 4.47. The Morgan fingerprint density at radius 1 is 1.47 bits per heavy atom. The van der Waals surface area contributed by atoms with Gasteiger partial charge < -0.3 is 10.1 Å². The first-order chi connectivity index (χ1) is 9.02. The molecular formula is C12H11N3O4. The highest BCUT2D eigenvalue weighted by Crippen LogP contribution is 2.33. The number of non-ortho nitro benzene ring substituents is 1. The number of benzene rings is 1. The number of nitro benzene ring substituents is 1. The lowest BCUT2D eigenvalue weighted by Gasteiger charge is -2.08. The number of fused-ring (bicyclic) bond motifs is 1. The Morgan fingerprint density at radius 2 is 2.21 bits per heavy atom. The van der Waals surface area contributed by atoms with Gasteiger partial charge >= 0.3 is 0 Å². The van der Waals surface area contributed by atoms with Gasteiger partial charge in [-0.2, -0.15) is 0 Å². The third kappa shape index (κ3) is 2.44. The number of hydrogen-bond donors (Lipinski definition) is 1. The molecule has 0 aliphatic heterocycles. The number of aromatic nitrogens is 1. The van der Waals surface area contributed by atoms with E-state index in [0.717, 1.165) is 0 Å². The number of carbonyl (C=O) groups is 1. The molecule has 0 aliphatic carbocycles. The number of rotatable bonds is 3. The van der Waals surface area contributed by atoms with Crippen LogP contribution in [0.1, 0.15) is 6.92 Å². The molecule has 0 fully saturated rings. The zero-order chi connectivity index (χ0) is 14.0. The Kier molecular flexibility index (Phi) is 3.28. The van der Waals surface area contributed by atoms with Crippen molar-refractivity contribution in [1.82, 2.24) is 4.98 Å². The zero-order valence-electron chi connectivity index (χ0n) is 10.3. The van der Waals surface area contributed by atoms with Crippen molar-refractivity contribution < 1.29 is 14.5 Å². The summed E-state index contributed by atoms with van der Waals surface area (Å²) in [4.78, 5) is 25.6. The van der Waals surface area contributed by atoms with Crippen molar-refractivity contribution >= 4 is 28.2 Å². The average Bonchev–Trinajstić information content (AvgIpc) is 2.37. The molecule has 19 heavy (non-hydrogen) atoms. The minimum atomic E-state index is -0.532. The van der Waals surface area contributed by atoms with Gasteiger partial charge in [0.1, 0.15) is 5.75 Å². The number of ether oxygens (including phenoxy) is 1. The van der Waals surface area contributed by atoms with Crippen LogP contribution in [0.3, 0.4) is 0 Å². The second kappa shape index (κ2) is 4.89. The molecule has 1 N–H and O–H groups in total. The SMILES string of the molecule is COc1cc([N+](=O)[O-])c2nccc(NC(C)=O)c2c1. The van der Waals surface area contributed by atoms with Gasteiger partial charge in [-0.15, -0.1) is 0 Å². The maximum absolute atomic E-state index is 11.1. The van der Waals surface area contributed by atoms with Gasteiger partial charge in [0.25, 0.3) is 5.69 Å². The van der Waals surface area contributed by atoms with Crippen LogP contribution in [0, 0.1) is 10.1 Å². The molecule has 0 spiro atoms. The molecule has 0 saturated carbocycles. The van der Waals surface area contributed by atoms with Crippen molar-refractivity contribution in [2.75, 3.05) is 12.4 Å². The molecule has 7 heteroatoms. The molecule has 7 nitrogen and oxygen atoms in total. The van der Waals surface area contributed by atoms with Gasteiger partial charge in [0.15, 0.2) is 5.52 Å². The highest BCUT2D eigenvalue weighted by molar-refractivity contribution is 6.03. The number of amides is 1. The van der Waals surface area contributed by atoms with Crippen LogP contribution < -0.4 is 10.1 Å². The predicted octanol–water partition coefficient (Wildman–Crippen LogP) is 2.11. The summed E-state index contributed by atoms with van der Waals surface area (Å²) in [5.74, 6) is 0.0665. The summed E-state index contributed by atoms with van der Waals surface area (Å²) >= 11 is 0. The summed E-state index contributed by atoms with van der Waals surface area (Å²) < 4.78 is 5.03. The molecule has 1 amide bonds. The second-order valence-electron chi connectivity index (χ2n) is 3.84. The number of hydrogen-bond acceptors (Lipinski definition) is 5. The first-order valence-corrected chi connectivity index (χ1v) is 5.41. The van der Waals surface area contributed by atoms with Crippen molar-refractivity contribution in [3.63, 3.8) is 0 Å². The molecule has 2 aromatic rings. The van der Waals surface area contributed by atoms with Crippen LogP contribution in [0.5, 0.6) is 5.75 Å². The van der Waals surface area contributed by atoms with Crippen LogP contribution >= 0.6 is 0 Å². The maximum atomic E-state index is 11.1. The molecule has 0 aliphatic rings. The number of nitro groups is 1. The Morgan fingerprint density at radius 3 is 2.79 bits per heavy atom. The standard InChI is InChI=1S/C12H11N3O4/c1-7(16)14-10-3-4-13-12-9(10)5-8(19-2)6-11(12)15(17)18/h3-6H,1-2H3,(H,13,14,16). The van der Waals surface area contributed by atoms with Crippen LogP contribution in [-0.4, -0.2) is 22.9 Å². The van der Waals surface area contributed by atoms with Crippen molar-refractivity contribution in [3.05, 3.63) is 34.5 Å². The fraction of sp³-hybridized carbons (Fsp3) is 0.167. The fourth-order valence-corrected chi connectivity index (χ4v) is 1.77. The highest BCUT2D eigenvalue weighted by Gasteiger charge is 2.17. The number of anilines is 1. The van der Waals surface area contributed by atoms with E-state index in [2.05, 4.69) is 10.3 Å². The van der Waals surface area contributed by atoms with Crippen LogP contribution in [0.4, 0.5) is 11.4 Å². The highest BCUT2D eigenvalue weighted by atomic mass is 16.6. The Labute approximate surface area is 108 Å². The molecule has 0 radical (unpaired) electrons. The topological polar surface area (TPSA) is 94.4 Å². The summed E-state index contributed by atoms with van der Waals surface area (Å²) in [5.41, 5.74) is 0.498. The largest absolute Gasteiger partial charge is 0.496 e. The van der Waals surface area contributed by atoms with E-state index in [1.165, 1.54) is 26.3 Å². The van der Waals surface area contributed by atoms with Gasteiger partial charge in [0.2, 0.25) is 5.91 Å². The first-order valence-electron chi connectivity index (χ1n) is 5.41. The Balaban J connectivity index is 2.77. The lowest BCUT2D eigenvalue weighted by Crippen LogP contribution is -2.06. The van der Waals surface area contributed by atoms with Gasteiger partial charge in [-0.3, -0.25) is 14.9 Å². The van der Waals surface area contributed by atoms with E-state index in [-0.39, 0.29) is 17.1 Å². The van der Waals surface area contributed by atoms with E-state index in [1.54, 1.807) is 12.1 Å². The molecular weight excluding hydrogens is 250 g/mol. The van der Waals surface area contributed by atoms with Crippen LogP contribution in [0.15, 0.2) is 24.4 Å². The molecule has 1 aromatic carbocycles. The zero-order valence-corrected chi connectivity index (χ0v) is 10.3. The van der Waals surface area contributed by atoms with Crippen LogP contribution in [0.2, 0.25) is 0 Å². The van der Waals surface area contributed by atoms with Crippen molar-refractivity contribution in [3.8, 4) is 5.75 Å². The van der Waals surface area contributed by atoms with Gasteiger partial charge in [0, 0.05) is 18.5 Å². The van der Waals surface area contributed by atoms with E-state index in [0.29, 0.717) is 16.8 Å². The number of nitrogens with one attached hydrogen (secondary N) is 1. The molecule has 0 unspecified atom stereocenters. The number of carbonyl (C=O) groups excluding carboxylic acids is 1. The third-order valence-electron chi connectivity index (χ3n) is 2.54. The first kappa shape index (κ1) is 12.7. The third-order valence-corrected chi connectivity index (χ3v) is 2.54. The quantitative estimate of drug-likeness (QED) is 0.674. The summed E-state index contributed by atoms with van der Waals surface area (Å²) in [5, 5.41) is 14.1. The molecule has 1 heterocycles. The molecule has 98 valence electrons. The minimum Gasteiger partial charge on any atom is -0.496 e. The van der Waals surface area contributed by atoms with Crippen molar-refractivity contribution in [2.24, 2.45) is 0 Å². The minimum absolute atomic E-state index is 0.165. The predicted molar refractivity (Wildman–Crippen MR) is 69.3 cm³/mol. The number of methoxy groups -OCH3 is 1. The molecule has 0 atom stereocenters. The Bertz CT molecular complexity index is 669. The molecule has 1 aromatic heterocycles. The van der Waals surface area contributed by atoms with Gasteiger partial charge in [-0.25, -0.2) is 4.98 Å². The van der Waals surface area contributed by atoms with Gasteiger partial charge in [-0.05, 0) is 12.1 Å². The maximum Gasteiger partial charge on any atom is 0.299 e. The second-order valence-corrected chi connectivity index (χ2v) is 3.84. The van der Waals surface area contributed by atoms with E-state index in [1.807, 2.05) is 0 Å². The van der Waals surface area contributed by atoms with Gasteiger partial charge in [0.05, 0.1) is 23.8 Å². The average molecular weight is 261 g/mol. The van der Waals surface area contributed by atoms with Crippen molar-refractivity contribution in [2.45, 2.75) is 6.92 Å². The van der Waals surface area contributed by atoms with Crippen LogP contribution in [0.25, 0.3) is 10.9 Å². The van der Waals surface area contributed by atoms with Crippen LogP contribution in [-0.2, 0) is 4.79 Å². The van der Waals surface area contributed by atoms with E-state index < -0.39 is 4.92 Å². The molecule has 2 rings (SSSR count). The number of nitrogens with zero attached hydrogens (tertiary/aromatic N) is 2. The van der Waals surface area contributed by atoms with Crippen molar-refractivity contribution in [1.29, 1.82) is 0 Å². The Hall–Kier alpha value is -2.70. The molecule has 0 saturated heterocycles. The smallest absolute Gasteiger partial charge is 0.299 e. The fourth-order valence-electron chi connectivity index (χ4n) is 1.77. The normalized spacial score (nSPS) is 10.2. The number of pyridine rings is 1. The lowest BCUT2D eigenvalue weighted by molar-refractivity contribution is -0.383. The molecule has 0 bridgehead atoms. The van der Waals surface area contributed by atoms with Gasteiger partial charge in [-0.1, -0.05) is 0 Å². The lowest BCUT2D eigenvalue weighted by atomic mass is 10.1. The summed E-state index contributed by atoms with van der Waals surface area (Å²) in [7, 11) is 1.42. The summed E-state index contributed by atoms with van der Waals surface area (Å²) in [6.45, 7) is 1.36. The summed E-state index contributed by atoms with van der Waals surface area (Å²) in [6.07, 6.45) is 1.41. The van der Waals surface area contributed by atoms with E-state index in [4.69, 9.17) is 4.74 Å². The van der Waals surface area contributed by atoms with E-state index in [9.17, 15) is 14.9 Å². The van der Waals surface area contributed by atoms with E-state index >= 15 is 0 Å². The monoisotopic (exact) mass is 261 g/mol.